The second-order valence-corrected chi connectivity index (χ2v) is 8.01. The third-order valence-corrected chi connectivity index (χ3v) is 5.42. The monoisotopic (exact) mass is 342 g/mol. The van der Waals surface area contributed by atoms with E-state index in [4.69, 9.17) is 0 Å². The molecule has 0 aromatic carbocycles. The second-order valence-electron chi connectivity index (χ2n) is 6.93. The molecule has 0 bridgehead atoms. The minimum atomic E-state index is -0.228. The van der Waals surface area contributed by atoms with E-state index in [1.165, 1.54) is 4.88 Å². The average Bonchev–Trinajstić information content (AvgIpc) is 3.09. The predicted octanol–water partition coefficient (Wildman–Crippen LogP) is 2.59. The lowest BCUT2D eigenvalue weighted by molar-refractivity contribution is 0.102. The van der Waals surface area contributed by atoms with Crippen LogP contribution in [0.25, 0.3) is 11.2 Å². The van der Waals surface area contributed by atoms with Gasteiger partial charge in [-0.3, -0.25) is 10.1 Å². The van der Waals surface area contributed by atoms with E-state index >= 15 is 0 Å². The van der Waals surface area contributed by atoms with E-state index < -0.39 is 0 Å². The van der Waals surface area contributed by atoms with Gasteiger partial charge >= 0.3 is 0 Å². The fourth-order valence-corrected chi connectivity index (χ4v) is 4.29. The van der Waals surface area contributed by atoms with Crippen molar-refractivity contribution in [2.75, 3.05) is 5.32 Å². The third-order valence-electron chi connectivity index (χ3n) is 4.41. The first-order valence-corrected chi connectivity index (χ1v) is 8.69. The molecule has 3 aromatic rings. The minimum Gasteiger partial charge on any atom is -0.298 e. The molecular weight excluding hydrogens is 324 g/mol. The smallest absolute Gasteiger partial charge is 0.259 e. The van der Waals surface area contributed by atoms with Crippen molar-refractivity contribution in [2.45, 2.75) is 33.1 Å². The molecule has 0 aliphatic heterocycles. The van der Waals surface area contributed by atoms with Gasteiger partial charge in [0.2, 0.25) is 0 Å². The summed E-state index contributed by atoms with van der Waals surface area (Å²) in [5.74, 6) is -0.228. The number of anilines is 1. The van der Waals surface area contributed by atoms with Gasteiger partial charge in [0.1, 0.15) is 5.52 Å². The molecule has 0 saturated carbocycles. The number of amides is 1. The van der Waals surface area contributed by atoms with E-state index in [1.807, 2.05) is 0 Å². The number of aryl methyl sites for hydroxylation is 2. The number of carbonyl (C=O) groups excluding carboxylic acids is 1. The highest BCUT2D eigenvalue weighted by Gasteiger charge is 2.28. The van der Waals surface area contributed by atoms with Gasteiger partial charge in [0.05, 0.1) is 11.3 Å². The van der Waals surface area contributed by atoms with Crippen molar-refractivity contribution in [3.63, 3.8) is 0 Å². The van der Waals surface area contributed by atoms with Crippen LogP contribution in [0.15, 0.2) is 12.3 Å². The van der Waals surface area contributed by atoms with Crippen LogP contribution >= 0.6 is 11.3 Å². The summed E-state index contributed by atoms with van der Waals surface area (Å²) in [6.45, 7) is 4.55. The van der Waals surface area contributed by atoms with Gasteiger partial charge < -0.3 is 0 Å². The van der Waals surface area contributed by atoms with Gasteiger partial charge in [-0.05, 0) is 30.7 Å². The SMILES string of the molecule is Cn1nnc2c(C(=O)Nc3nc4c(s3)CC(C)(C)CC4)ccnc21. The average molecular weight is 342 g/mol. The van der Waals surface area contributed by atoms with Crippen molar-refractivity contribution in [1.82, 2.24) is 25.0 Å². The summed E-state index contributed by atoms with van der Waals surface area (Å²) < 4.78 is 1.55. The molecule has 0 unspecified atom stereocenters. The number of nitrogens with zero attached hydrogens (tertiary/aromatic N) is 5. The van der Waals surface area contributed by atoms with Crippen molar-refractivity contribution in [3.8, 4) is 0 Å². The summed E-state index contributed by atoms with van der Waals surface area (Å²) >= 11 is 1.57. The first-order chi connectivity index (χ1) is 11.4. The van der Waals surface area contributed by atoms with Crippen LogP contribution < -0.4 is 5.32 Å². The minimum absolute atomic E-state index is 0.228. The Hall–Kier alpha value is -2.35. The predicted molar refractivity (Wildman–Crippen MR) is 92.2 cm³/mol. The van der Waals surface area contributed by atoms with E-state index in [9.17, 15) is 4.79 Å². The molecule has 0 saturated heterocycles. The Kier molecular flexibility index (Phi) is 3.38. The molecule has 8 heteroatoms. The number of fused-ring (bicyclic) bond motifs is 2. The summed E-state index contributed by atoms with van der Waals surface area (Å²) in [4.78, 5) is 22.7. The normalized spacial score (nSPS) is 16.1. The van der Waals surface area contributed by atoms with Gasteiger partial charge in [-0.1, -0.05) is 19.1 Å². The van der Waals surface area contributed by atoms with Gasteiger partial charge in [0.15, 0.2) is 10.8 Å². The summed E-state index contributed by atoms with van der Waals surface area (Å²) in [6, 6.07) is 1.66. The first kappa shape index (κ1) is 15.2. The molecule has 1 aliphatic carbocycles. The van der Waals surface area contributed by atoms with E-state index in [1.54, 1.807) is 35.3 Å². The molecule has 0 spiro atoms. The number of hydrogen-bond acceptors (Lipinski definition) is 6. The highest BCUT2D eigenvalue weighted by molar-refractivity contribution is 7.15. The molecule has 1 amide bonds. The topological polar surface area (TPSA) is 85.6 Å². The standard InChI is InChI=1S/C16H18N6OS/c1-16(2)6-4-10-11(8-16)24-15(18-10)19-14(23)9-5-7-17-13-12(9)20-21-22(13)3/h5,7H,4,6,8H2,1-3H3,(H,18,19,23). The lowest BCUT2D eigenvalue weighted by Crippen LogP contribution is -2.20. The Bertz CT molecular complexity index is 941. The lowest BCUT2D eigenvalue weighted by atomic mass is 9.79. The maximum atomic E-state index is 12.6. The molecule has 0 atom stereocenters. The van der Waals surface area contributed by atoms with E-state index in [0.717, 1.165) is 25.0 Å². The van der Waals surface area contributed by atoms with Crippen LogP contribution in [0.3, 0.4) is 0 Å². The zero-order valence-corrected chi connectivity index (χ0v) is 14.6. The van der Waals surface area contributed by atoms with Gasteiger partial charge in [-0.2, -0.15) is 0 Å². The zero-order chi connectivity index (χ0) is 16.9. The van der Waals surface area contributed by atoms with Gasteiger partial charge in [-0.25, -0.2) is 14.6 Å². The largest absolute Gasteiger partial charge is 0.298 e. The Morgan fingerprint density at radius 3 is 3.08 bits per heavy atom. The van der Waals surface area contributed by atoms with Crippen LogP contribution in [-0.4, -0.2) is 30.9 Å². The molecule has 4 rings (SSSR count). The fraction of sp³-hybridized carbons (Fsp3) is 0.438. The van der Waals surface area contributed by atoms with Crippen LogP contribution in [0.4, 0.5) is 5.13 Å². The molecule has 3 heterocycles. The maximum Gasteiger partial charge on any atom is 0.259 e. The fourth-order valence-electron chi connectivity index (χ4n) is 3.03. The molecule has 1 N–H and O–H groups in total. The Labute approximate surface area is 143 Å². The molecule has 3 aromatic heterocycles. The Morgan fingerprint density at radius 1 is 1.42 bits per heavy atom. The number of carbonyl (C=O) groups is 1. The maximum absolute atomic E-state index is 12.6. The van der Waals surface area contributed by atoms with Crippen LogP contribution in [-0.2, 0) is 19.9 Å². The van der Waals surface area contributed by atoms with Crippen LogP contribution in [0.5, 0.6) is 0 Å². The first-order valence-electron chi connectivity index (χ1n) is 7.87. The summed E-state index contributed by atoms with van der Waals surface area (Å²) in [6.07, 6.45) is 4.70. The highest BCUT2D eigenvalue weighted by Crippen LogP contribution is 2.38. The summed E-state index contributed by atoms with van der Waals surface area (Å²) in [5, 5.41) is 11.5. The summed E-state index contributed by atoms with van der Waals surface area (Å²) in [7, 11) is 1.75. The van der Waals surface area contributed by atoms with Crippen LogP contribution in [0, 0.1) is 5.41 Å². The van der Waals surface area contributed by atoms with Gasteiger partial charge in [-0.15, -0.1) is 16.4 Å². The molecule has 124 valence electrons. The molecule has 7 nitrogen and oxygen atoms in total. The number of hydrogen-bond donors (Lipinski definition) is 1. The highest BCUT2D eigenvalue weighted by atomic mass is 32.1. The van der Waals surface area contributed by atoms with Crippen LogP contribution in [0.1, 0.15) is 41.2 Å². The Morgan fingerprint density at radius 2 is 2.25 bits per heavy atom. The second kappa shape index (κ2) is 5.34. The molecule has 24 heavy (non-hydrogen) atoms. The van der Waals surface area contributed by atoms with Gasteiger partial charge in [0, 0.05) is 18.1 Å². The third kappa shape index (κ3) is 2.56. The van der Waals surface area contributed by atoms with Crippen LogP contribution in [0.2, 0.25) is 0 Å². The lowest BCUT2D eigenvalue weighted by Gasteiger charge is -2.28. The number of aromatic nitrogens is 5. The van der Waals surface area contributed by atoms with E-state index in [0.29, 0.717) is 27.3 Å². The number of rotatable bonds is 2. The summed E-state index contributed by atoms with van der Waals surface area (Å²) in [5.41, 5.74) is 2.97. The van der Waals surface area contributed by atoms with Gasteiger partial charge in [0.25, 0.3) is 5.91 Å². The zero-order valence-electron chi connectivity index (χ0n) is 13.8. The van der Waals surface area contributed by atoms with E-state index in [2.05, 4.69) is 39.4 Å². The number of pyridine rings is 1. The molecular formula is C16H18N6OS. The quantitative estimate of drug-likeness (QED) is 0.773. The molecule has 0 radical (unpaired) electrons. The molecule has 1 aliphatic rings. The number of nitrogens with one attached hydrogen (secondary N) is 1. The van der Waals surface area contributed by atoms with Crippen molar-refractivity contribution in [2.24, 2.45) is 12.5 Å². The molecule has 0 fully saturated rings. The van der Waals surface area contributed by atoms with Crippen molar-refractivity contribution in [3.05, 3.63) is 28.4 Å². The Balaban J connectivity index is 1.62. The van der Waals surface area contributed by atoms with E-state index in [-0.39, 0.29) is 5.91 Å². The van der Waals surface area contributed by atoms with Crippen molar-refractivity contribution < 1.29 is 4.79 Å². The van der Waals surface area contributed by atoms with Crippen molar-refractivity contribution >= 4 is 33.5 Å². The van der Waals surface area contributed by atoms with Crippen molar-refractivity contribution in [1.29, 1.82) is 0 Å². The number of thiazole rings is 1.